The average Bonchev–Trinajstić information content (AvgIpc) is 3.23. The summed E-state index contributed by atoms with van der Waals surface area (Å²) in [7, 11) is 1.48. The van der Waals surface area contributed by atoms with Crippen LogP contribution < -0.4 is 9.64 Å². The lowest BCUT2D eigenvalue weighted by Crippen LogP contribution is -2.21. The maximum Gasteiger partial charge on any atom is 0.318 e. The van der Waals surface area contributed by atoms with E-state index in [1.807, 2.05) is 18.2 Å². The predicted molar refractivity (Wildman–Crippen MR) is 124 cm³/mol. The van der Waals surface area contributed by atoms with Gasteiger partial charge in [0.05, 0.1) is 12.5 Å². The number of phenols is 1. The third kappa shape index (κ3) is 3.28. The van der Waals surface area contributed by atoms with E-state index < -0.39 is 5.82 Å². The molecule has 1 saturated heterocycles. The van der Waals surface area contributed by atoms with E-state index >= 15 is 4.39 Å². The number of anilines is 1. The molecule has 2 aromatic carbocycles. The van der Waals surface area contributed by atoms with Crippen LogP contribution >= 0.6 is 0 Å². The van der Waals surface area contributed by atoms with E-state index in [0.29, 0.717) is 22.7 Å². The minimum absolute atomic E-state index is 0.0639. The number of aryl methyl sites for hydroxylation is 1. The second-order valence-electron chi connectivity index (χ2n) is 8.42. The van der Waals surface area contributed by atoms with Gasteiger partial charge in [0.1, 0.15) is 22.8 Å². The minimum atomic E-state index is -0.547. The minimum Gasteiger partial charge on any atom is -0.508 e. The molecule has 0 spiro atoms. The number of fused-ring (bicyclic) bond motifs is 2. The van der Waals surface area contributed by atoms with Crippen LogP contribution in [0.1, 0.15) is 25.8 Å². The second-order valence-corrected chi connectivity index (χ2v) is 8.42. The SMILES string of the molecule is CCc1cccc2cc(O)cc(-c3ncc4c(N5CCC(C)C5)nc(OC)nc4c3F)c12. The van der Waals surface area contributed by atoms with E-state index in [1.165, 1.54) is 7.11 Å². The lowest BCUT2D eigenvalue weighted by atomic mass is 9.95. The summed E-state index contributed by atoms with van der Waals surface area (Å²) in [5.74, 6) is 0.696. The highest BCUT2D eigenvalue weighted by Crippen LogP contribution is 2.38. The molecule has 0 amide bonds. The lowest BCUT2D eigenvalue weighted by molar-refractivity contribution is 0.381. The quantitative estimate of drug-likeness (QED) is 0.483. The number of pyridine rings is 1. The summed E-state index contributed by atoms with van der Waals surface area (Å²) in [5, 5.41) is 12.6. The first-order valence-electron chi connectivity index (χ1n) is 10.9. The molecule has 7 heteroatoms. The number of aromatic nitrogens is 3. The van der Waals surface area contributed by atoms with Gasteiger partial charge in [-0.3, -0.25) is 4.98 Å². The Bertz CT molecular complexity index is 1340. The molecule has 0 bridgehead atoms. The Labute approximate surface area is 185 Å². The van der Waals surface area contributed by atoms with Gasteiger partial charge >= 0.3 is 6.01 Å². The molecular formula is C25H25FN4O2. The second kappa shape index (κ2) is 7.89. The van der Waals surface area contributed by atoms with Crippen LogP contribution in [-0.2, 0) is 6.42 Å². The number of aromatic hydroxyl groups is 1. The van der Waals surface area contributed by atoms with Crippen molar-refractivity contribution in [3.05, 3.63) is 47.9 Å². The number of methoxy groups -OCH3 is 1. The summed E-state index contributed by atoms with van der Waals surface area (Å²) in [6, 6.07) is 9.25. The molecule has 32 heavy (non-hydrogen) atoms. The topological polar surface area (TPSA) is 71.4 Å². The van der Waals surface area contributed by atoms with E-state index in [1.54, 1.807) is 18.3 Å². The van der Waals surface area contributed by atoms with Crippen LogP contribution in [0.4, 0.5) is 10.2 Å². The van der Waals surface area contributed by atoms with Crippen LogP contribution in [0.2, 0.25) is 0 Å². The van der Waals surface area contributed by atoms with Crippen molar-refractivity contribution in [2.24, 2.45) is 5.92 Å². The zero-order valence-corrected chi connectivity index (χ0v) is 18.4. The number of rotatable bonds is 4. The fourth-order valence-corrected chi connectivity index (χ4v) is 4.64. The van der Waals surface area contributed by atoms with Crippen molar-refractivity contribution in [1.29, 1.82) is 0 Å². The van der Waals surface area contributed by atoms with Gasteiger partial charge in [-0.1, -0.05) is 32.0 Å². The van der Waals surface area contributed by atoms with Crippen molar-refractivity contribution in [3.8, 4) is 23.0 Å². The van der Waals surface area contributed by atoms with Gasteiger partial charge in [0.25, 0.3) is 0 Å². The molecule has 0 saturated carbocycles. The van der Waals surface area contributed by atoms with Crippen LogP contribution in [-0.4, -0.2) is 40.3 Å². The normalized spacial score (nSPS) is 16.2. The Morgan fingerprint density at radius 2 is 2.09 bits per heavy atom. The first-order chi connectivity index (χ1) is 15.5. The molecule has 1 fully saturated rings. The molecular weight excluding hydrogens is 407 g/mol. The van der Waals surface area contributed by atoms with Crippen LogP contribution in [0, 0.1) is 11.7 Å². The highest BCUT2D eigenvalue weighted by atomic mass is 19.1. The van der Waals surface area contributed by atoms with E-state index in [9.17, 15) is 5.11 Å². The number of benzene rings is 2. The number of ether oxygens (including phenoxy) is 1. The Hall–Kier alpha value is -3.48. The third-order valence-corrected chi connectivity index (χ3v) is 6.23. The molecule has 4 aromatic rings. The number of halogens is 1. The van der Waals surface area contributed by atoms with Crippen molar-refractivity contribution in [1.82, 2.24) is 15.0 Å². The standard InChI is InChI=1S/C25H25FN4O2/c1-4-15-6-5-7-16-10-17(31)11-18(20(15)16)22-21(26)23-19(12-27-22)24(29-25(28-23)32-3)30-9-8-14(2)13-30/h5-7,10-12,14,31H,4,8-9,13H2,1-3H3. The van der Waals surface area contributed by atoms with Crippen LogP contribution in [0.3, 0.4) is 0 Å². The van der Waals surface area contributed by atoms with Crippen LogP contribution in [0.5, 0.6) is 11.8 Å². The summed E-state index contributed by atoms with van der Waals surface area (Å²) in [6.07, 6.45) is 3.46. The highest BCUT2D eigenvalue weighted by Gasteiger charge is 2.26. The molecule has 6 nitrogen and oxygen atoms in total. The van der Waals surface area contributed by atoms with Gasteiger partial charge in [-0.25, -0.2) is 4.39 Å². The van der Waals surface area contributed by atoms with E-state index in [0.717, 1.165) is 42.3 Å². The molecule has 0 aliphatic carbocycles. The van der Waals surface area contributed by atoms with Gasteiger partial charge in [-0.05, 0) is 47.2 Å². The molecule has 1 N–H and O–H groups in total. The molecule has 1 aliphatic heterocycles. The molecule has 0 radical (unpaired) electrons. The average molecular weight is 432 g/mol. The fourth-order valence-electron chi connectivity index (χ4n) is 4.64. The zero-order chi connectivity index (χ0) is 22.4. The van der Waals surface area contributed by atoms with Gasteiger partial charge in [0.2, 0.25) is 0 Å². The van der Waals surface area contributed by atoms with Crippen molar-refractivity contribution >= 4 is 27.5 Å². The summed E-state index contributed by atoms with van der Waals surface area (Å²) in [5.41, 5.74) is 1.93. The predicted octanol–water partition coefficient (Wildman–Crippen LogP) is 5.11. The van der Waals surface area contributed by atoms with E-state index in [2.05, 4.69) is 33.7 Å². The fraction of sp³-hybridized carbons (Fsp3) is 0.320. The summed E-state index contributed by atoms with van der Waals surface area (Å²) in [6.45, 7) is 5.93. The molecule has 3 heterocycles. The Balaban J connectivity index is 1.78. The Kier molecular flexibility index (Phi) is 5.04. The van der Waals surface area contributed by atoms with Crippen molar-refractivity contribution in [3.63, 3.8) is 0 Å². The molecule has 1 aliphatic rings. The van der Waals surface area contributed by atoms with E-state index in [-0.39, 0.29) is 23.0 Å². The molecule has 2 aromatic heterocycles. The Morgan fingerprint density at radius 3 is 2.81 bits per heavy atom. The number of phenolic OH excluding ortho intramolecular Hbond substituents is 1. The largest absolute Gasteiger partial charge is 0.508 e. The van der Waals surface area contributed by atoms with Gasteiger partial charge < -0.3 is 14.7 Å². The van der Waals surface area contributed by atoms with Gasteiger partial charge in [0, 0.05) is 24.8 Å². The highest BCUT2D eigenvalue weighted by molar-refractivity contribution is 6.01. The van der Waals surface area contributed by atoms with Crippen molar-refractivity contribution in [2.75, 3.05) is 25.1 Å². The number of hydrogen-bond acceptors (Lipinski definition) is 6. The monoisotopic (exact) mass is 432 g/mol. The molecule has 1 unspecified atom stereocenters. The molecule has 1 atom stereocenters. The Morgan fingerprint density at radius 1 is 1.25 bits per heavy atom. The van der Waals surface area contributed by atoms with Gasteiger partial charge in [-0.2, -0.15) is 9.97 Å². The smallest absolute Gasteiger partial charge is 0.318 e. The summed E-state index contributed by atoms with van der Waals surface area (Å²) in [4.78, 5) is 15.5. The zero-order valence-electron chi connectivity index (χ0n) is 18.4. The maximum atomic E-state index is 16.0. The lowest BCUT2D eigenvalue weighted by Gasteiger charge is -2.20. The third-order valence-electron chi connectivity index (χ3n) is 6.23. The van der Waals surface area contributed by atoms with Crippen molar-refractivity contribution in [2.45, 2.75) is 26.7 Å². The molecule has 5 rings (SSSR count). The first kappa shape index (κ1) is 20.4. The van der Waals surface area contributed by atoms with Crippen molar-refractivity contribution < 1.29 is 14.2 Å². The molecule has 164 valence electrons. The van der Waals surface area contributed by atoms with Gasteiger partial charge in [-0.15, -0.1) is 0 Å². The first-order valence-corrected chi connectivity index (χ1v) is 10.9. The van der Waals surface area contributed by atoms with Crippen LogP contribution in [0.15, 0.2) is 36.5 Å². The number of nitrogens with zero attached hydrogens (tertiary/aromatic N) is 4. The number of hydrogen-bond donors (Lipinski definition) is 1. The summed E-state index contributed by atoms with van der Waals surface area (Å²) >= 11 is 0. The van der Waals surface area contributed by atoms with E-state index in [4.69, 9.17) is 4.74 Å². The maximum absolute atomic E-state index is 16.0. The van der Waals surface area contributed by atoms with Gasteiger partial charge in [0.15, 0.2) is 5.82 Å². The van der Waals surface area contributed by atoms with Crippen LogP contribution in [0.25, 0.3) is 32.9 Å². The summed E-state index contributed by atoms with van der Waals surface area (Å²) < 4.78 is 21.3.